The number of rotatable bonds is 1. The van der Waals surface area contributed by atoms with Gasteiger partial charge in [0.05, 0.1) is 17.7 Å². The van der Waals surface area contributed by atoms with Crippen molar-refractivity contribution in [2.45, 2.75) is 0 Å². The summed E-state index contributed by atoms with van der Waals surface area (Å²) in [6.07, 6.45) is -0.373. The molecule has 0 unspecified atom stereocenters. The molecule has 20 heavy (non-hydrogen) atoms. The normalized spacial score (nSPS) is 15.2. The molecule has 1 saturated heterocycles. The fourth-order valence-corrected chi connectivity index (χ4v) is 2.54. The molecule has 5 nitrogen and oxygen atoms in total. The molecule has 1 heterocycles. The Bertz CT molecular complexity index is 528. The Kier molecular flexibility index (Phi) is 4.73. The summed E-state index contributed by atoms with van der Waals surface area (Å²) in [4.78, 5) is 26.9. The molecule has 2 amide bonds. The lowest BCUT2D eigenvalue weighted by molar-refractivity contribution is 0.0600. The van der Waals surface area contributed by atoms with Crippen molar-refractivity contribution in [3.63, 3.8) is 0 Å². The van der Waals surface area contributed by atoms with E-state index >= 15 is 0 Å². The van der Waals surface area contributed by atoms with Crippen molar-refractivity contribution in [3.8, 4) is 0 Å². The van der Waals surface area contributed by atoms with Crippen LogP contribution in [0.3, 0.4) is 0 Å². The molecule has 0 atom stereocenters. The zero-order valence-corrected chi connectivity index (χ0v) is 12.4. The predicted octanol–water partition coefficient (Wildman–Crippen LogP) is 2.52. The average Bonchev–Trinajstić information content (AvgIpc) is 2.46. The molecule has 1 aromatic carbocycles. The van der Waals surface area contributed by atoms with Crippen LogP contribution < -0.4 is 0 Å². The van der Waals surface area contributed by atoms with Gasteiger partial charge in [-0.1, -0.05) is 23.2 Å². The molecule has 1 fully saturated rings. The van der Waals surface area contributed by atoms with Crippen molar-refractivity contribution in [2.24, 2.45) is 0 Å². The van der Waals surface area contributed by atoms with Gasteiger partial charge in [0, 0.05) is 31.2 Å². The molecule has 7 heteroatoms. The fourth-order valence-electron chi connectivity index (χ4n) is 2.05. The van der Waals surface area contributed by atoms with Crippen molar-refractivity contribution >= 4 is 35.2 Å². The Balaban J connectivity index is 2.03. The zero-order chi connectivity index (χ0) is 14.7. The van der Waals surface area contributed by atoms with Crippen molar-refractivity contribution in [1.29, 1.82) is 0 Å². The second-order valence-electron chi connectivity index (χ2n) is 4.37. The van der Waals surface area contributed by atoms with Crippen LogP contribution in [0, 0.1) is 0 Å². The first kappa shape index (κ1) is 14.9. The van der Waals surface area contributed by atoms with Gasteiger partial charge >= 0.3 is 6.09 Å². The first-order chi connectivity index (χ1) is 9.52. The minimum absolute atomic E-state index is 0.156. The maximum atomic E-state index is 12.3. The number of carbonyl (C=O) groups excluding carboxylic acids is 2. The van der Waals surface area contributed by atoms with E-state index in [4.69, 9.17) is 23.2 Å². The van der Waals surface area contributed by atoms with Crippen LogP contribution in [0.25, 0.3) is 0 Å². The van der Waals surface area contributed by atoms with Crippen LogP contribution >= 0.6 is 23.2 Å². The lowest BCUT2D eigenvalue weighted by Gasteiger charge is -2.34. The first-order valence-electron chi connectivity index (χ1n) is 6.10. The maximum absolute atomic E-state index is 12.3. The number of halogens is 2. The highest BCUT2D eigenvalue weighted by Crippen LogP contribution is 2.22. The topological polar surface area (TPSA) is 49.9 Å². The molecule has 0 spiro atoms. The molecule has 0 bridgehead atoms. The van der Waals surface area contributed by atoms with E-state index < -0.39 is 0 Å². The minimum atomic E-state index is -0.373. The van der Waals surface area contributed by atoms with Crippen molar-refractivity contribution in [2.75, 3.05) is 33.3 Å². The molecule has 0 radical (unpaired) electrons. The number of amides is 2. The van der Waals surface area contributed by atoms with Crippen LogP contribution in [0.1, 0.15) is 10.4 Å². The van der Waals surface area contributed by atoms with Gasteiger partial charge < -0.3 is 14.5 Å². The lowest BCUT2D eigenvalue weighted by Crippen LogP contribution is -2.50. The SMILES string of the molecule is COC(=O)N1CCN(C(=O)c2ccc(Cl)cc2Cl)CC1. The summed E-state index contributed by atoms with van der Waals surface area (Å²) in [7, 11) is 1.34. The van der Waals surface area contributed by atoms with Gasteiger partial charge in [-0.25, -0.2) is 4.79 Å². The number of carbonyl (C=O) groups is 2. The van der Waals surface area contributed by atoms with Gasteiger partial charge in [0.1, 0.15) is 0 Å². The van der Waals surface area contributed by atoms with Gasteiger partial charge in [-0.05, 0) is 18.2 Å². The van der Waals surface area contributed by atoms with Crippen LogP contribution in [0.2, 0.25) is 10.0 Å². The minimum Gasteiger partial charge on any atom is -0.453 e. The second kappa shape index (κ2) is 6.33. The van der Waals surface area contributed by atoms with Gasteiger partial charge in [0.25, 0.3) is 5.91 Å². The molecule has 0 saturated carbocycles. The number of benzene rings is 1. The van der Waals surface area contributed by atoms with Crippen LogP contribution in [-0.2, 0) is 4.74 Å². The number of nitrogens with zero attached hydrogens (tertiary/aromatic N) is 2. The van der Waals surface area contributed by atoms with E-state index in [2.05, 4.69) is 4.74 Å². The molecule has 1 aliphatic rings. The Morgan fingerprint density at radius 2 is 1.70 bits per heavy atom. The highest BCUT2D eigenvalue weighted by atomic mass is 35.5. The number of ether oxygens (including phenoxy) is 1. The Hall–Kier alpha value is -1.46. The second-order valence-corrected chi connectivity index (χ2v) is 5.22. The zero-order valence-electron chi connectivity index (χ0n) is 10.9. The molecule has 0 aromatic heterocycles. The third-order valence-electron chi connectivity index (χ3n) is 3.16. The van der Waals surface area contributed by atoms with Crippen LogP contribution in [0.5, 0.6) is 0 Å². The Labute approximate surface area is 127 Å². The highest BCUT2D eigenvalue weighted by Gasteiger charge is 2.26. The van der Waals surface area contributed by atoms with E-state index in [-0.39, 0.29) is 12.0 Å². The molecule has 0 N–H and O–H groups in total. The van der Waals surface area contributed by atoms with Gasteiger partial charge in [-0.2, -0.15) is 0 Å². The van der Waals surface area contributed by atoms with E-state index in [9.17, 15) is 9.59 Å². The summed E-state index contributed by atoms with van der Waals surface area (Å²) in [5.74, 6) is -0.156. The molecular weight excluding hydrogens is 303 g/mol. The molecule has 0 aliphatic carbocycles. The summed E-state index contributed by atoms with van der Waals surface area (Å²) < 4.78 is 4.65. The average molecular weight is 317 g/mol. The fraction of sp³-hybridized carbons (Fsp3) is 0.385. The Morgan fingerprint density at radius 3 is 2.25 bits per heavy atom. The van der Waals surface area contributed by atoms with Gasteiger partial charge in [-0.3, -0.25) is 4.79 Å². The summed E-state index contributed by atoms with van der Waals surface area (Å²) >= 11 is 11.8. The van der Waals surface area contributed by atoms with Crippen LogP contribution in [0.15, 0.2) is 18.2 Å². The summed E-state index contributed by atoms with van der Waals surface area (Å²) in [6, 6.07) is 4.78. The number of hydrogen-bond acceptors (Lipinski definition) is 3. The quantitative estimate of drug-likeness (QED) is 0.800. The summed E-state index contributed by atoms with van der Waals surface area (Å²) in [5, 5.41) is 0.819. The van der Waals surface area contributed by atoms with Gasteiger partial charge in [-0.15, -0.1) is 0 Å². The first-order valence-corrected chi connectivity index (χ1v) is 6.85. The number of hydrogen-bond donors (Lipinski definition) is 0. The van der Waals surface area contributed by atoms with Crippen LogP contribution in [0.4, 0.5) is 4.79 Å². The predicted molar refractivity (Wildman–Crippen MR) is 76.3 cm³/mol. The number of piperazine rings is 1. The smallest absolute Gasteiger partial charge is 0.409 e. The van der Waals surface area contributed by atoms with E-state index in [1.165, 1.54) is 7.11 Å². The van der Waals surface area contributed by atoms with Crippen molar-refractivity contribution < 1.29 is 14.3 Å². The van der Waals surface area contributed by atoms with Gasteiger partial charge in [0.2, 0.25) is 0 Å². The lowest BCUT2D eigenvalue weighted by atomic mass is 10.2. The summed E-state index contributed by atoms with van der Waals surface area (Å²) in [6.45, 7) is 1.80. The molecular formula is C13H14Cl2N2O3. The largest absolute Gasteiger partial charge is 0.453 e. The summed E-state index contributed by atoms with van der Waals surface area (Å²) in [5.41, 5.74) is 0.419. The van der Waals surface area contributed by atoms with Crippen molar-refractivity contribution in [1.82, 2.24) is 9.80 Å². The van der Waals surface area contributed by atoms with Crippen LogP contribution in [-0.4, -0.2) is 55.1 Å². The monoisotopic (exact) mass is 316 g/mol. The van der Waals surface area contributed by atoms with E-state index in [1.807, 2.05) is 0 Å². The Morgan fingerprint density at radius 1 is 1.10 bits per heavy atom. The molecule has 1 aliphatic heterocycles. The molecule has 108 valence electrons. The standard InChI is InChI=1S/C13H14Cl2N2O3/c1-20-13(19)17-6-4-16(5-7-17)12(18)10-3-2-9(14)8-11(10)15/h2-3,8H,4-7H2,1H3. The number of methoxy groups -OCH3 is 1. The van der Waals surface area contributed by atoms with Gasteiger partial charge in [0.15, 0.2) is 0 Å². The maximum Gasteiger partial charge on any atom is 0.409 e. The van der Waals surface area contributed by atoms with E-state index in [1.54, 1.807) is 28.0 Å². The molecule has 2 rings (SSSR count). The van der Waals surface area contributed by atoms with E-state index in [0.717, 1.165) is 0 Å². The molecule has 1 aromatic rings. The van der Waals surface area contributed by atoms with Crippen molar-refractivity contribution in [3.05, 3.63) is 33.8 Å². The third kappa shape index (κ3) is 3.16. The highest BCUT2D eigenvalue weighted by molar-refractivity contribution is 6.36. The third-order valence-corrected chi connectivity index (χ3v) is 3.71. The van der Waals surface area contributed by atoms with E-state index in [0.29, 0.717) is 41.8 Å².